The number of rotatable bonds is 3. The topological polar surface area (TPSA) is 76.3 Å². The highest BCUT2D eigenvalue weighted by Crippen LogP contribution is 2.27. The van der Waals surface area contributed by atoms with Crippen molar-refractivity contribution in [3.05, 3.63) is 36.0 Å². The quantitative estimate of drug-likeness (QED) is 0.916. The lowest BCUT2D eigenvalue weighted by Gasteiger charge is -2.31. The maximum absolute atomic E-state index is 13.0. The Balaban J connectivity index is 0.00000192. The van der Waals surface area contributed by atoms with Crippen LogP contribution in [-0.2, 0) is 10.0 Å². The molecule has 2 aromatic rings. The highest BCUT2D eigenvalue weighted by atomic mass is 35.5. The number of aryl methyl sites for hydroxylation is 1. The maximum Gasteiger partial charge on any atom is 0.245 e. The number of para-hydroxylation sites is 1. The van der Waals surface area contributed by atoms with Crippen molar-refractivity contribution in [3.63, 3.8) is 0 Å². The van der Waals surface area contributed by atoms with E-state index in [1.165, 1.54) is 0 Å². The fourth-order valence-electron chi connectivity index (χ4n) is 3.03. The highest BCUT2D eigenvalue weighted by Gasteiger charge is 2.31. The van der Waals surface area contributed by atoms with E-state index in [-0.39, 0.29) is 18.3 Å². The monoisotopic (exact) mass is 355 g/mol. The minimum atomic E-state index is -3.53. The lowest BCUT2D eigenvalue weighted by atomic mass is 10.0. The molecule has 2 heterocycles. The van der Waals surface area contributed by atoms with Gasteiger partial charge in [0.1, 0.15) is 4.90 Å². The van der Waals surface area contributed by atoms with Crippen molar-refractivity contribution in [2.45, 2.75) is 24.7 Å². The largest absolute Gasteiger partial charge is 0.330 e. The van der Waals surface area contributed by atoms with Gasteiger partial charge in [0, 0.05) is 24.7 Å². The highest BCUT2D eigenvalue weighted by molar-refractivity contribution is 7.89. The molecular formula is C16H22ClN3O2S. The minimum absolute atomic E-state index is 0. The molecule has 0 bridgehead atoms. The predicted molar refractivity (Wildman–Crippen MR) is 94.3 cm³/mol. The van der Waals surface area contributed by atoms with Crippen molar-refractivity contribution in [2.75, 3.05) is 19.6 Å². The van der Waals surface area contributed by atoms with Gasteiger partial charge in [0.05, 0.1) is 5.52 Å². The molecule has 7 heteroatoms. The third kappa shape index (κ3) is 3.50. The van der Waals surface area contributed by atoms with E-state index in [1.807, 2.05) is 19.1 Å². The Labute approximate surface area is 143 Å². The molecule has 1 unspecified atom stereocenters. The second-order valence-electron chi connectivity index (χ2n) is 5.95. The summed E-state index contributed by atoms with van der Waals surface area (Å²) in [5.74, 6) is 0.244. The van der Waals surface area contributed by atoms with E-state index < -0.39 is 10.0 Å². The summed E-state index contributed by atoms with van der Waals surface area (Å²) in [7, 11) is -3.53. The number of piperidine rings is 1. The number of hydrogen-bond donors (Lipinski definition) is 1. The number of aromatic nitrogens is 1. The van der Waals surface area contributed by atoms with E-state index in [0.717, 1.165) is 23.8 Å². The Morgan fingerprint density at radius 3 is 2.91 bits per heavy atom. The first-order chi connectivity index (χ1) is 10.5. The van der Waals surface area contributed by atoms with Gasteiger partial charge in [-0.2, -0.15) is 4.31 Å². The van der Waals surface area contributed by atoms with Crippen LogP contribution in [0.15, 0.2) is 35.4 Å². The van der Waals surface area contributed by atoms with Gasteiger partial charge in [-0.25, -0.2) is 8.42 Å². The molecule has 1 aromatic heterocycles. The fourth-order valence-corrected chi connectivity index (χ4v) is 4.75. The lowest BCUT2D eigenvalue weighted by Crippen LogP contribution is -2.42. The molecule has 0 radical (unpaired) electrons. The van der Waals surface area contributed by atoms with Crippen LogP contribution in [0.3, 0.4) is 0 Å². The molecule has 0 amide bonds. The maximum atomic E-state index is 13.0. The number of halogens is 1. The smallest absolute Gasteiger partial charge is 0.245 e. The zero-order valence-corrected chi connectivity index (χ0v) is 14.7. The number of benzene rings is 1. The lowest BCUT2D eigenvalue weighted by molar-refractivity contribution is 0.271. The number of fused-ring (bicyclic) bond motifs is 1. The molecule has 1 aliphatic rings. The zero-order valence-electron chi connectivity index (χ0n) is 13.1. The molecule has 1 saturated heterocycles. The average molecular weight is 356 g/mol. The van der Waals surface area contributed by atoms with E-state index in [0.29, 0.717) is 30.0 Å². The van der Waals surface area contributed by atoms with E-state index in [4.69, 9.17) is 5.73 Å². The number of nitrogens with two attached hydrogens (primary N) is 1. The molecule has 23 heavy (non-hydrogen) atoms. The van der Waals surface area contributed by atoms with Crippen LogP contribution in [0.1, 0.15) is 18.4 Å². The van der Waals surface area contributed by atoms with Gasteiger partial charge in [0.25, 0.3) is 0 Å². The van der Waals surface area contributed by atoms with Crippen LogP contribution in [0.5, 0.6) is 0 Å². The van der Waals surface area contributed by atoms with Crippen LogP contribution in [-0.4, -0.2) is 37.3 Å². The van der Waals surface area contributed by atoms with Crippen molar-refractivity contribution in [1.82, 2.24) is 9.29 Å². The predicted octanol–water partition coefficient (Wildman–Crippen LogP) is 2.32. The molecule has 1 atom stereocenters. The third-order valence-corrected chi connectivity index (χ3v) is 6.14. The van der Waals surface area contributed by atoms with Crippen LogP contribution >= 0.6 is 12.4 Å². The normalized spacial score (nSPS) is 19.5. The van der Waals surface area contributed by atoms with Gasteiger partial charge in [-0.3, -0.25) is 4.98 Å². The van der Waals surface area contributed by atoms with Gasteiger partial charge in [-0.15, -0.1) is 12.4 Å². The van der Waals surface area contributed by atoms with Crippen LogP contribution in [0.25, 0.3) is 10.9 Å². The van der Waals surface area contributed by atoms with Crippen molar-refractivity contribution < 1.29 is 8.42 Å². The SMILES string of the molecule is Cc1cnc2c(S(=O)(=O)N3CCCC(CN)C3)cccc2c1.Cl. The Morgan fingerprint density at radius 1 is 1.39 bits per heavy atom. The van der Waals surface area contributed by atoms with Crippen LogP contribution < -0.4 is 5.73 Å². The summed E-state index contributed by atoms with van der Waals surface area (Å²) < 4.78 is 27.5. The Bertz CT molecular complexity index is 795. The average Bonchev–Trinajstić information content (AvgIpc) is 2.54. The third-order valence-electron chi connectivity index (χ3n) is 4.24. The first-order valence-corrected chi connectivity index (χ1v) is 9.02. The van der Waals surface area contributed by atoms with Crippen molar-refractivity contribution >= 4 is 33.3 Å². The molecule has 1 aliphatic heterocycles. The number of sulfonamides is 1. The summed E-state index contributed by atoms with van der Waals surface area (Å²) >= 11 is 0. The zero-order chi connectivity index (χ0) is 15.7. The van der Waals surface area contributed by atoms with E-state index in [2.05, 4.69) is 4.98 Å². The molecule has 2 N–H and O–H groups in total. The number of hydrogen-bond acceptors (Lipinski definition) is 4. The summed E-state index contributed by atoms with van der Waals surface area (Å²) in [4.78, 5) is 4.64. The van der Waals surface area contributed by atoms with Gasteiger partial charge in [-0.05, 0) is 49.9 Å². The molecule has 0 spiro atoms. The summed E-state index contributed by atoms with van der Waals surface area (Å²) in [6.45, 7) is 3.53. The Kier molecular flexibility index (Phi) is 5.62. The number of pyridine rings is 1. The van der Waals surface area contributed by atoms with Crippen molar-refractivity contribution in [2.24, 2.45) is 11.7 Å². The van der Waals surface area contributed by atoms with Crippen LogP contribution in [0.2, 0.25) is 0 Å². The molecule has 5 nitrogen and oxygen atoms in total. The molecule has 3 rings (SSSR count). The Morgan fingerprint density at radius 2 is 2.17 bits per heavy atom. The fraction of sp³-hybridized carbons (Fsp3) is 0.438. The second-order valence-corrected chi connectivity index (χ2v) is 7.85. The molecule has 0 aliphatic carbocycles. The van der Waals surface area contributed by atoms with Crippen molar-refractivity contribution in [3.8, 4) is 0 Å². The van der Waals surface area contributed by atoms with Gasteiger partial charge < -0.3 is 5.73 Å². The number of nitrogens with zero attached hydrogens (tertiary/aromatic N) is 2. The molecule has 0 saturated carbocycles. The van der Waals surface area contributed by atoms with Crippen LogP contribution in [0.4, 0.5) is 0 Å². The standard InChI is InChI=1S/C16H21N3O2S.ClH/c1-12-8-14-5-2-6-15(16(14)18-10-12)22(20,21)19-7-3-4-13(9-17)11-19;/h2,5-6,8,10,13H,3-4,7,9,11,17H2,1H3;1H. The second kappa shape index (κ2) is 7.13. The first-order valence-electron chi connectivity index (χ1n) is 7.58. The summed E-state index contributed by atoms with van der Waals surface area (Å²) in [5.41, 5.74) is 7.28. The van der Waals surface area contributed by atoms with E-state index in [9.17, 15) is 8.42 Å². The van der Waals surface area contributed by atoms with Gasteiger partial charge in [0.2, 0.25) is 10.0 Å². The van der Waals surface area contributed by atoms with E-state index >= 15 is 0 Å². The molecular weight excluding hydrogens is 334 g/mol. The van der Waals surface area contributed by atoms with E-state index in [1.54, 1.807) is 22.6 Å². The Hall–Kier alpha value is -1.21. The summed E-state index contributed by atoms with van der Waals surface area (Å²) in [5, 5.41) is 0.855. The molecule has 1 aromatic carbocycles. The van der Waals surface area contributed by atoms with Crippen LogP contribution in [0, 0.1) is 12.8 Å². The van der Waals surface area contributed by atoms with Crippen molar-refractivity contribution in [1.29, 1.82) is 0 Å². The minimum Gasteiger partial charge on any atom is -0.330 e. The van der Waals surface area contributed by atoms with Gasteiger partial charge in [-0.1, -0.05) is 12.1 Å². The van der Waals surface area contributed by atoms with Gasteiger partial charge in [0.15, 0.2) is 0 Å². The molecule has 126 valence electrons. The van der Waals surface area contributed by atoms with Gasteiger partial charge >= 0.3 is 0 Å². The first kappa shape index (κ1) is 18.1. The summed E-state index contributed by atoms with van der Waals surface area (Å²) in [6.07, 6.45) is 3.56. The molecule has 1 fully saturated rings. The summed E-state index contributed by atoms with van der Waals surface area (Å²) in [6, 6.07) is 7.28.